The highest BCUT2D eigenvalue weighted by molar-refractivity contribution is 7.90. The number of rotatable bonds is 6. The molecule has 2 aliphatic rings. The fraction of sp³-hybridized carbons (Fsp3) is 0.526. The van der Waals surface area contributed by atoms with E-state index >= 15 is 0 Å². The van der Waals surface area contributed by atoms with E-state index in [0.29, 0.717) is 23.3 Å². The number of benzene rings is 1. The van der Waals surface area contributed by atoms with Crippen molar-refractivity contribution in [2.75, 3.05) is 19.5 Å². The highest BCUT2D eigenvalue weighted by atomic mass is 32.2. The molecule has 1 aromatic carbocycles. The molecule has 1 saturated heterocycles. The van der Waals surface area contributed by atoms with Crippen LogP contribution in [0, 0.1) is 0 Å². The molecule has 0 bridgehead atoms. The molecule has 1 unspecified atom stereocenters. The highest BCUT2D eigenvalue weighted by Crippen LogP contribution is 2.42. The molecule has 4 rings (SSSR count). The van der Waals surface area contributed by atoms with Crippen molar-refractivity contribution in [1.82, 2.24) is 4.98 Å². The van der Waals surface area contributed by atoms with Crippen LogP contribution in [0.5, 0.6) is 5.88 Å². The Morgan fingerprint density at radius 2 is 1.88 bits per heavy atom. The van der Waals surface area contributed by atoms with Crippen LogP contribution < -0.4 is 4.74 Å². The van der Waals surface area contributed by atoms with Gasteiger partial charge in [0.1, 0.15) is 17.7 Å². The Balaban J connectivity index is 1.64. The van der Waals surface area contributed by atoms with E-state index in [1.807, 2.05) is 12.1 Å². The molecule has 5 nitrogen and oxygen atoms in total. The van der Waals surface area contributed by atoms with Crippen LogP contribution in [0.25, 0.3) is 10.4 Å². The van der Waals surface area contributed by atoms with Gasteiger partial charge in [0.15, 0.2) is 9.84 Å². The van der Waals surface area contributed by atoms with Gasteiger partial charge in [-0.25, -0.2) is 13.4 Å². The van der Waals surface area contributed by atoms with E-state index in [4.69, 9.17) is 14.5 Å². The molecule has 26 heavy (non-hydrogen) atoms. The Bertz CT molecular complexity index is 863. The lowest BCUT2D eigenvalue weighted by Gasteiger charge is -2.18. The van der Waals surface area contributed by atoms with E-state index in [-0.39, 0.29) is 6.10 Å². The first-order valence-electron chi connectivity index (χ1n) is 9.06. The van der Waals surface area contributed by atoms with Gasteiger partial charge in [0.2, 0.25) is 5.88 Å². The SMILES string of the molecule is CS(=O)(=O)c1ccc(-c2sc(C3CCCCC3)nc2OCC2CO2)cc1. The van der Waals surface area contributed by atoms with Crippen molar-refractivity contribution in [1.29, 1.82) is 0 Å². The normalized spacial score (nSPS) is 20.9. The zero-order chi connectivity index (χ0) is 18.1. The third-order valence-corrected chi connectivity index (χ3v) is 7.30. The summed E-state index contributed by atoms with van der Waals surface area (Å²) in [5.41, 5.74) is 0.948. The van der Waals surface area contributed by atoms with Crippen LogP contribution >= 0.6 is 11.3 Å². The maximum atomic E-state index is 11.7. The van der Waals surface area contributed by atoms with Crippen molar-refractivity contribution in [3.05, 3.63) is 29.3 Å². The molecule has 1 aliphatic heterocycles. The fourth-order valence-corrected chi connectivity index (χ4v) is 5.13. The lowest BCUT2D eigenvalue weighted by molar-refractivity contribution is 0.256. The number of aromatic nitrogens is 1. The van der Waals surface area contributed by atoms with Crippen LogP contribution in [0.1, 0.15) is 43.0 Å². The summed E-state index contributed by atoms with van der Waals surface area (Å²) in [7, 11) is -3.20. The van der Waals surface area contributed by atoms with Crippen LogP contribution in [-0.4, -0.2) is 39.0 Å². The summed E-state index contributed by atoms with van der Waals surface area (Å²) in [6.07, 6.45) is 7.60. The van der Waals surface area contributed by atoms with Gasteiger partial charge >= 0.3 is 0 Å². The number of sulfone groups is 1. The van der Waals surface area contributed by atoms with Gasteiger partial charge in [0.25, 0.3) is 0 Å². The minimum Gasteiger partial charge on any atom is -0.474 e. The summed E-state index contributed by atoms with van der Waals surface area (Å²) < 4.78 is 34.6. The average Bonchev–Trinajstić information content (AvgIpc) is 3.38. The average molecular weight is 394 g/mol. The van der Waals surface area contributed by atoms with E-state index < -0.39 is 9.84 Å². The van der Waals surface area contributed by atoms with E-state index in [1.54, 1.807) is 23.5 Å². The first-order valence-corrected chi connectivity index (χ1v) is 11.8. The minimum atomic E-state index is -3.20. The molecule has 7 heteroatoms. The maximum absolute atomic E-state index is 11.7. The van der Waals surface area contributed by atoms with Gasteiger partial charge in [-0.3, -0.25) is 0 Å². The number of ether oxygens (including phenoxy) is 2. The van der Waals surface area contributed by atoms with Crippen LogP contribution in [0.4, 0.5) is 0 Å². The minimum absolute atomic E-state index is 0.176. The Morgan fingerprint density at radius 1 is 1.19 bits per heavy atom. The van der Waals surface area contributed by atoms with Gasteiger partial charge in [-0.05, 0) is 30.5 Å². The van der Waals surface area contributed by atoms with E-state index in [9.17, 15) is 8.42 Å². The van der Waals surface area contributed by atoms with Crippen LogP contribution in [0.3, 0.4) is 0 Å². The van der Waals surface area contributed by atoms with Crippen molar-refractivity contribution in [2.45, 2.75) is 49.0 Å². The predicted octanol–water partition coefficient (Wildman–Crippen LogP) is 4.04. The van der Waals surface area contributed by atoms with Gasteiger partial charge in [0.05, 0.1) is 16.4 Å². The number of hydrogen-bond donors (Lipinski definition) is 0. The number of hydrogen-bond acceptors (Lipinski definition) is 6. The Labute approximate surface area is 158 Å². The van der Waals surface area contributed by atoms with Gasteiger partial charge in [-0.1, -0.05) is 31.4 Å². The topological polar surface area (TPSA) is 68.8 Å². The third kappa shape index (κ3) is 4.10. The second-order valence-corrected chi connectivity index (χ2v) is 10.1. The van der Waals surface area contributed by atoms with Crippen molar-refractivity contribution < 1.29 is 17.9 Å². The van der Waals surface area contributed by atoms with Gasteiger partial charge in [-0.2, -0.15) is 0 Å². The highest BCUT2D eigenvalue weighted by Gasteiger charge is 2.27. The second kappa shape index (κ2) is 7.29. The molecule has 0 spiro atoms. The summed E-state index contributed by atoms with van der Waals surface area (Å²) in [5.74, 6) is 1.16. The van der Waals surface area contributed by atoms with Crippen molar-refractivity contribution in [3.8, 4) is 16.3 Å². The zero-order valence-corrected chi connectivity index (χ0v) is 16.4. The first kappa shape index (κ1) is 17.9. The lowest BCUT2D eigenvalue weighted by Crippen LogP contribution is -2.06. The molecular formula is C19H23NO4S2. The lowest BCUT2D eigenvalue weighted by atomic mass is 9.90. The van der Waals surface area contributed by atoms with Gasteiger partial charge in [-0.15, -0.1) is 11.3 Å². The molecule has 1 aromatic heterocycles. The number of epoxide rings is 1. The standard InChI is InChI=1S/C19H23NO4S2/c1-26(21,22)16-9-7-13(8-10-16)17-18(24-12-15-11-23-15)20-19(25-17)14-5-3-2-4-6-14/h7-10,14-15H,2-6,11-12H2,1H3. The first-order chi connectivity index (χ1) is 12.5. The quantitative estimate of drug-likeness (QED) is 0.693. The van der Waals surface area contributed by atoms with Gasteiger partial charge < -0.3 is 9.47 Å². The maximum Gasteiger partial charge on any atom is 0.232 e. The molecule has 1 aliphatic carbocycles. The number of nitrogens with zero attached hydrogens (tertiary/aromatic N) is 1. The predicted molar refractivity (Wildman–Crippen MR) is 102 cm³/mol. The molecule has 0 radical (unpaired) electrons. The van der Waals surface area contributed by atoms with Crippen molar-refractivity contribution in [3.63, 3.8) is 0 Å². The van der Waals surface area contributed by atoms with Crippen LogP contribution in [0.2, 0.25) is 0 Å². The van der Waals surface area contributed by atoms with Crippen molar-refractivity contribution >= 4 is 21.2 Å². The van der Waals surface area contributed by atoms with Crippen LogP contribution in [0.15, 0.2) is 29.2 Å². The Hall–Kier alpha value is -1.44. The van der Waals surface area contributed by atoms with Crippen LogP contribution in [-0.2, 0) is 14.6 Å². The summed E-state index contributed by atoms with van der Waals surface area (Å²) in [6.45, 7) is 1.26. The summed E-state index contributed by atoms with van der Waals surface area (Å²) >= 11 is 1.68. The number of thiazole rings is 1. The molecule has 0 N–H and O–H groups in total. The fourth-order valence-electron chi connectivity index (χ4n) is 3.32. The largest absolute Gasteiger partial charge is 0.474 e. The molecule has 0 amide bonds. The van der Waals surface area contributed by atoms with Crippen molar-refractivity contribution in [2.24, 2.45) is 0 Å². The summed E-state index contributed by atoms with van der Waals surface area (Å²) in [6, 6.07) is 6.99. The monoisotopic (exact) mass is 393 g/mol. The molecule has 2 heterocycles. The Kier molecular flexibility index (Phi) is 5.03. The molecular weight excluding hydrogens is 370 g/mol. The molecule has 2 fully saturated rings. The smallest absolute Gasteiger partial charge is 0.232 e. The van der Waals surface area contributed by atoms with Gasteiger partial charge in [0, 0.05) is 12.2 Å². The molecule has 2 aromatic rings. The van der Waals surface area contributed by atoms with E-state index in [2.05, 4.69) is 0 Å². The summed E-state index contributed by atoms with van der Waals surface area (Å²) in [4.78, 5) is 6.11. The third-order valence-electron chi connectivity index (χ3n) is 4.92. The van der Waals surface area contributed by atoms with E-state index in [0.717, 1.165) is 22.1 Å². The Morgan fingerprint density at radius 3 is 2.50 bits per heavy atom. The summed E-state index contributed by atoms with van der Waals surface area (Å²) in [5, 5.41) is 1.14. The molecule has 140 valence electrons. The van der Waals surface area contributed by atoms with E-state index in [1.165, 1.54) is 38.4 Å². The molecule has 1 atom stereocenters. The zero-order valence-electron chi connectivity index (χ0n) is 14.8. The second-order valence-electron chi connectivity index (χ2n) is 7.08. The molecule has 1 saturated carbocycles.